The number of ether oxygens (including phenoxy) is 1. The van der Waals surface area contributed by atoms with Crippen LogP contribution in [0.1, 0.15) is 28.3 Å². The van der Waals surface area contributed by atoms with Gasteiger partial charge in [-0.2, -0.15) is 4.98 Å². The molecule has 0 aliphatic rings. The van der Waals surface area contributed by atoms with Gasteiger partial charge >= 0.3 is 0 Å². The predicted octanol–water partition coefficient (Wildman–Crippen LogP) is 3.31. The number of nitrogens with zero attached hydrogens (tertiary/aromatic N) is 5. The molecule has 2 N–H and O–H groups in total. The van der Waals surface area contributed by atoms with E-state index in [-0.39, 0.29) is 12.4 Å². The van der Waals surface area contributed by atoms with E-state index in [1.807, 2.05) is 38.2 Å². The molecule has 0 radical (unpaired) electrons. The molecule has 0 fully saturated rings. The van der Waals surface area contributed by atoms with Crippen molar-refractivity contribution in [2.45, 2.75) is 33.2 Å². The highest BCUT2D eigenvalue weighted by Gasteiger charge is 2.18. The van der Waals surface area contributed by atoms with E-state index in [0.29, 0.717) is 30.6 Å². The van der Waals surface area contributed by atoms with E-state index < -0.39 is 0 Å². The minimum atomic E-state index is 0. The Morgan fingerprint density at radius 1 is 1.10 bits per heavy atom. The van der Waals surface area contributed by atoms with E-state index in [1.165, 1.54) is 0 Å². The quantitative estimate of drug-likeness (QED) is 0.502. The average molecular weight is 429 g/mol. The smallest absolute Gasteiger partial charge is 0.242 e. The number of fused-ring (bicyclic) bond motifs is 1. The molecule has 4 rings (SSSR count). The first kappa shape index (κ1) is 21.7. The van der Waals surface area contributed by atoms with Gasteiger partial charge in [-0.15, -0.1) is 17.5 Å². The summed E-state index contributed by atoms with van der Waals surface area (Å²) < 4.78 is 12.6. The van der Waals surface area contributed by atoms with Gasteiger partial charge in [0.2, 0.25) is 17.6 Å². The van der Waals surface area contributed by atoms with Crippen molar-refractivity contribution >= 4 is 23.4 Å². The van der Waals surface area contributed by atoms with Gasteiger partial charge in [0.25, 0.3) is 0 Å². The van der Waals surface area contributed by atoms with Gasteiger partial charge in [0.1, 0.15) is 0 Å². The maximum Gasteiger partial charge on any atom is 0.242 e. The number of hydrogen-bond acceptors (Lipinski definition) is 7. The molecule has 0 bridgehead atoms. The van der Waals surface area contributed by atoms with Crippen LogP contribution in [0, 0.1) is 13.8 Å². The van der Waals surface area contributed by atoms with Crippen molar-refractivity contribution in [3.63, 3.8) is 0 Å². The largest absolute Gasteiger partial charge is 0.479 e. The van der Waals surface area contributed by atoms with Crippen LogP contribution in [0.3, 0.4) is 0 Å². The van der Waals surface area contributed by atoms with Crippen molar-refractivity contribution in [2.75, 3.05) is 7.11 Å². The van der Waals surface area contributed by atoms with E-state index >= 15 is 0 Å². The van der Waals surface area contributed by atoms with Crippen LogP contribution in [0.15, 0.2) is 28.8 Å². The Balaban J connectivity index is 0.00000256. The summed E-state index contributed by atoms with van der Waals surface area (Å²) >= 11 is 0. The maximum absolute atomic E-state index is 5.65. The summed E-state index contributed by atoms with van der Waals surface area (Å²) in [6.07, 6.45) is 1.37. The Morgan fingerprint density at radius 2 is 1.83 bits per heavy atom. The monoisotopic (exact) mass is 428 g/mol. The second-order valence-corrected chi connectivity index (χ2v) is 7.05. The second-order valence-electron chi connectivity index (χ2n) is 7.05. The minimum absolute atomic E-state index is 0. The van der Waals surface area contributed by atoms with Crippen LogP contribution in [0.5, 0.6) is 5.88 Å². The topological polar surface area (TPSA) is 105 Å². The molecule has 1 aromatic carbocycles. The van der Waals surface area contributed by atoms with Crippen LogP contribution in [0.2, 0.25) is 0 Å². The van der Waals surface area contributed by atoms with Gasteiger partial charge in [-0.1, -0.05) is 29.4 Å². The van der Waals surface area contributed by atoms with Gasteiger partial charge in [-0.25, -0.2) is 9.67 Å². The molecule has 0 saturated heterocycles. The van der Waals surface area contributed by atoms with Crippen molar-refractivity contribution in [1.29, 1.82) is 0 Å². The Labute approximate surface area is 180 Å². The van der Waals surface area contributed by atoms with Gasteiger partial charge in [0, 0.05) is 31.3 Å². The van der Waals surface area contributed by atoms with Crippen molar-refractivity contribution in [1.82, 2.24) is 24.9 Å². The summed E-state index contributed by atoms with van der Waals surface area (Å²) in [5, 5.41) is 9.46. The number of methoxy groups -OCH3 is 1. The fourth-order valence-corrected chi connectivity index (χ4v) is 3.60. The molecule has 0 amide bonds. The molecule has 30 heavy (non-hydrogen) atoms. The third kappa shape index (κ3) is 3.88. The first-order valence-corrected chi connectivity index (χ1v) is 9.50. The lowest BCUT2D eigenvalue weighted by atomic mass is 10.0. The maximum atomic E-state index is 5.65. The number of aryl methyl sites for hydroxylation is 4. The molecule has 4 aromatic rings. The Bertz CT molecular complexity index is 1170. The normalized spacial score (nSPS) is 11.0. The van der Waals surface area contributed by atoms with E-state index in [9.17, 15) is 0 Å². The van der Waals surface area contributed by atoms with Crippen LogP contribution >= 0.6 is 12.4 Å². The molecular formula is C21H25ClN6O2. The molecule has 0 atom stereocenters. The fourth-order valence-electron chi connectivity index (χ4n) is 3.60. The summed E-state index contributed by atoms with van der Waals surface area (Å²) in [4.78, 5) is 9.27. The highest BCUT2D eigenvalue weighted by molar-refractivity contribution is 5.86. The van der Waals surface area contributed by atoms with E-state index in [1.54, 1.807) is 11.8 Å². The first-order valence-electron chi connectivity index (χ1n) is 9.50. The van der Waals surface area contributed by atoms with Crippen LogP contribution in [-0.2, 0) is 26.4 Å². The van der Waals surface area contributed by atoms with Crippen LogP contribution in [0.25, 0.3) is 22.4 Å². The summed E-state index contributed by atoms with van der Waals surface area (Å²) in [5.74, 6) is 1.77. The number of hydrogen-bond donors (Lipinski definition) is 1. The third-order valence-corrected chi connectivity index (χ3v) is 5.22. The molecule has 0 aliphatic heterocycles. The van der Waals surface area contributed by atoms with Crippen molar-refractivity contribution in [3.8, 4) is 17.3 Å². The summed E-state index contributed by atoms with van der Waals surface area (Å²) in [5.41, 5.74) is 11.7. The molecular weight excluding hydrogens is 404 g/mol. The molecule has 0 unspecified atom stereocenters. The molecule has 8 nitrogen and oxygen atoms in total. The molecule has 0 saturated carbocycles. The Hall–Kier alpha value is -2.97. The van der Waals surface area contributed by atoms with Crippen molar-refractivity contribution in [2.24, 2.45) is 12.8 Å². The number of halogens is 1. The van der Waals surface area contributed by atoms with Crippen LogP contribution < -0.4 is 10.5 Å². The van der Waals surface area contributed by atoms with Gasteiger partial charge < -0.3 is 15.0 Å². The fraction of sp³-hybridized carbons (Fsp3) is 0.333. The highest BCUT2D eigenvalue weighted by atomic mass is 35.5. The minimum Gasteiger partial charge on any atom is -0.479 e. The number of pyridine rings is 1. The van der Waals surface area contributed by atoms with Crippen LogP contribution in [0.4, 0.5) is 0 Å². The predicted molar refractivity (Wildman–Crippen MR) is 117 cm³/mol. The molecule has 3 aromatic heterocycles. The first-order chi connectivity index (χ1) is 14.0. The van der Waals surface area contributed by atoms with E-state index in [0.717, 1.165) is 45.4 Å². The third-order valence-electron chi connectivity index (χ3n) is 5.22. The highest BCUT2D eigenvalue weighted by Crippen LogP contribution is 2.30. The number of aromatic nitrogens is 5. The lowest BCUT2D eigenvalue weighted by molar-refractivity contribution is 0.378. The van der Waals surface area contributed by atoms with Crippen molar-refractivity contribution < 1.29 is 9.26 Å². The number of benzene rings is 1. The lowest BCUT2D eigenvalue weighted by Crippen LogP contribution is -2.02. The van der Waals surface area contributed by atoms with Gasteiger partial charge in [0.05, 0.1) is 12.5 Å². The molecule has 3 heterocycles. The average Bonchev–Trinajstić information content (AvgIpc) is 3.32. The number of rotatable bonds is 6. The zero-order valence-electron chi connectivity index (χ0n) is 17.5. The molecule has 158 valence electrons. The second kappa shape index (κ2) is 8.81. The number of nitrogens with two attached hydrogens (primary N) is 1. The van der Waals surface area contributed by atoms with Crippen molar-refractivity contribution in [3.05, 3.63) is 52.5 Å². The lowest BCUT2D eigenvalue weighted by Gasteiger charge is -2.10. The molecule has 0 aliphatic carbocycles. The summed E-state index contributed by atoms with van der Waals surface area (Å²) in [7, 11) is 3.50. The molecule has 0 spiro atoms. The Kier molecular flexibility index (Phi) is 6.38. The SMILES string of the molecule is COc1nn(C)c2nc(C)c(CCc3nc(-c4ccc(CN)cc4)no3)c(C)c12.Cl. The summed E-state index contributed by atoms with van der Waals surface area (Å²) in [6.45, 7) is 4.60. The van der Waals surface area contributed by atoms with E-state index in [4.69, 9.17) is 20.0 Å². The zero-order chi connectivity index (χ0) is 20.5. The standard InChI is InChI=1S/C21H24N6O2.ClH/c1-12-16(13(2)23-20-18(12)21(28-4)25-27(20)3)9-10-17-24-19(26-29-17)15-7-5-14(11-22)6-8-15;/h5-8H,9-11,22H2,1-4H3;1H. The van der Waals surface area contributed by atoms with Crippen LogP contribution in [-0.4, -0.2) is 32.0 Å². The Morgan fingerprint density at radius 3 is 2.50 bits per heavy atom. The molecule has 9 heteroatoms. The van der Waals surface area contributed by atoms with Gasteiger partial charge in [-0.3, -0.25) is 0 Å². The summed E-state index contributed by atoms with van der Waals surface area (Å²) in [6, 6.07) is 7.86. The zero-order valence-corrected chi connectivity index (χ0v) is 18.3. The van der Waals surface area contributed by atoms with E-state index in [2.05, 4.69) is 22.2 Å². The van der Waals surface area contributed by atoms with Gasteiger partial charge in [-0.05, 0) is 37.0 Å². The van der Waals surface area contributed by atoms with Gasteiger partial charge in [0.15, 0.2) is 5.65 Å².